The van der Waals surface area contributed by atoms with Crippen LogP contribution >= 0.6 is 0 Å². The van der Waals surface area contributed by atoms with E-state index in [1.165, 1.54) is 0 Å². The fourth-order valence-electron chi connectivity index (χ4n) is 3.08. The van der Waals surface area contributed by atoms with Gasteiger partial charge in [0, 0.05) is 32.7 Å². The number of para-hydroxylation sites is 2. The van der Waals surface area contributed by atoms with Crippen LogP contribution in [0, 0.1) is 0 Å². The molecule has 138 valence electrons. The Morgan fingerprint density at radius 2 is 2.04 bits per heavy atom. The van der Waals surface area contributed by atoms with E-state index in [9.17, 15) is 4.79 Å². The maximum absolute atomic E-state index is 12.4. The van der Waals surface area contributed by atoms with Crippen molar-refractivity contribution in [2.24, 2.45) is 0 Å². The van der Waals surface area contributed by atoms with Gasteiger partial charge in [-0.3, -0.25) is 4.90 Å². The first-order valence-corrected chi connectivity index (χ1v) is 8.82. The molecular weight excluding hydrogens is 322 g/mol. The number of carbonyl (C=O) groups is 1. The molecular formula is C18H27N3O4. The highest BCUT2D eigenvalue weighted by atomic mass is 16.6. The molecule has 0 aliphatic carbocycles. The van der Waals surface area contributed by atoms with Crippen LogP contribution in [0.15, 0.2) is 24.3 Å². The third kappa shape index (κ3) is 4.99. The van der Waals surface area contributed by atoms with E-state index in [1.807, 2.05) is 31.2 Å². The summed E-state index contributed by atoms with van der Waals surface area (Å²) in [5.74, 6) is 1.48. The van der Waals surface area contributed by atoms with Crippen LogP contribution in [0.25, 0.3) is 0 Å². The molecule has 7 nitrogen and oxygen atoms in total. The maximum atomic E-state index is 12.4. The van der Waals surface area contributed by atoms with Gasteiger partial charge in [0.05, 0.1) is 19.8 Å². The van der Waals surface area contributed by atoms with E-state index in [0.29, 0.717) is 13.2 Å². The van der Waals surface area contributed by atoms with Crippen molar-refractivity contribution in [2.75, 3.05) is 53.0 Å². The zero-order valence-corrected chi connectivity index (χ0v) is 14.9. The number of morpholine rings is 1. The first-order chi connectivity index (χ1) is 12.1. The lowest BCUT2D eigenvalue weighted by atomic mass is 10.2. The van der Waals surface area contributed by atoms with Gasteiger partial charge in [-0.1, -0.05) is 12.1 Å². The zero-order valence-electron chi connectivity index (χ0n) is 14.9. The number of fused-ring (bicyclic) bond motifs is 1. The number of likely N-dealkylation sites (N-methyl/N-ethyl adjacent to an activating group) is 1. The SMILES string of the molecule is CC(CN1CCOCC1)NC(=O)N(C)CC1COc2ccccc2O1. The molecule has 2 amide bonds. The van der Waals surface area contributed by atoms with E-state index in [-0.39, 0.29) is 18.2 Å². The van der Waals surface area contributed by atoms with Gasteiger partial charge in [-0.25, -0.2) is 4.79 Å². The van der Waals surface area contributed by atoms with Crippen LogP contribution < -0.4 is 14.8 Å². The first kappa shape index (κ1) is 17.8. The molecule has 1 aromatic rings. The molecule has 0 spiro atoms. The van der Waals surface area contributed by atoms with E-state index >= 15 is 0 Å². The highest BCUT2D eigenvalue weighted by Gasteiger charge is 2.24. The molecule has 2 aliphatic rings. The normalized spacial score (nSPS) is 21.4. The molecule has 0 radical (unpaired) electrons. The van der Waals surface area contributed by atoms with Crippen LogP contribution in [0.2, 0.25) is 0 Å². The minimum absolute atomic E-state index is 0.0808. The molecule has 2 unspecified atom stereocenters. The predicted molar refractivity (Wildman–Crippen MR) is 94.2 cm³/mol. The zero-order chi connectivity index (χ0) is 17.6. The lowest BCUT2D eigenvalue weighted by Crippen LogP contribution is -2.51. The molecule has 1 saturated heterocycles. The molecule has 0 bridgehead atoms. The average Bonchev–Trinajstić information content (AvgIpc) is 2.62. The molecule has 2 atom stereocenters. The van der Waals surface area contributed by atoms with Crippen molar-refractivity contribution >= 4 is 6.03 Å². The van der Waals surface area contributed by atoms with E-state index < -0.39 is 0 Å². The molecule has 0 aromatic heterocycles. The summed E-state index contributed by atoms with van der Waals surface area (Å²) in [4.78, 5) is 16.3. The topological polar surface area (TPSA) is 63.3 Å². The van der Waals surface area contributed by atoms with Gasteiger partial charge in [0.15, 0.2) is 17.6 Å². The molecule has 2 aliphatic heterocycles. The molecule has 2 heterocycles. The summed E-state index contributed by atoms with van der Waals surface area (Å²) in [6.45, 7) is 7.15. The fourth-order valence-corrected chi connectivity index (χ4v) is 3.08. The number of urea groups is 1. The van der Waals surface area contributed by atoms with Gasteiger partial charge in [0.1, 0.15) is 6.61 Å². The molecule has 1 fully saturated rings. The van der Waals surface area contributed by atoms with E-state index in [0.717, 1.165) is 44.3 Å². The third-order valence-corrected chi connectivity index (χ3v) is 4.40. The van der Waals surface area contributed by atoms with Gasteiger partial charge in [0.2, 0.25) is 0 Å². The van der Waals surface area contributed by atoms with Crippen molar-refractivity contribution in [2.45, 2.75) is 19.1 Å². The third-order valence-electron chi connectivity index (χ3n) is 4.40. The monoisotopic (exact) mass is 349 g/mol. The minimum Gasteiger partial charge on any atom is -0.486 e. The summed E-state index contributed by atoms with van der Waals surface area (Å²) in [6, 6.07) is 7.58. The highest BCUT2D eigenvalue weighted by Crippen LogP contribution is 2.30. The molecule has 3 rings (SSSR count). The summed E-state index contributed by atoms with van der Waals surface area (Å²) in [7, 11) is 1.78. The number of nitrogens with zero attached hydrogens (tertiary/aromatic N) is 2. The summed E-state index contributed by atoms with van der Waals surface area (Å²) in [6.07, 6.45) is -0.166. The molecule has 7 heteroatoms. The van der Waals surface area contributed by atoms with Crippen LogP contribution in [-0.4, -0.2) is 81.0 Å². The van der Waals surface area contributed by atoms with Crippen molar-refractivity contribution in [1.82, 2.24) is 15.1 Å². The second kappa shape index (κ2) is 8.40. The van der Waals surface area contributed by atoms with Crippen molar-refractivity contribution in [3.8, 4) is 11.5 Å². The lowest BCUT2D eigenvalue weighted by molar-refractivity contribution is 0.0344. The summed E-state index contributed by atoms with van der Waals surface area (Å²) in [5.41, 5.74) is 0. The van der Waals surface area contributed by atoms with Crippen molar-refractivity contribution in [1.29, 1.82) is 0 Å². The summed E-state index contributed by atoms with van der Waals surface area (Å²) in [5, 5.41) is 3.04. The fraction of sp³-hybridized carbons (Fsp3) is 0.611. The number of amides is 2. The number of carbonyl (C=O) groups excluding carboxylic acids is 1. The number of nitrogens with one attached hydrogen (secondary N) is 1. The summed E-state index contributed by atoms with van der Waals surface area (Å²) < 4.78 is 17.0. The molecule has 0 saturated carbocycles. The molecule has 25 heavy (non-hydrogen) atoms. The van der Waals surface area contributed by atoms with Crippen LogP contribution in [0.4, 0.5) is 4.79 Å². The molecule has 1 aromatic carbocycles. The average molecular weight is 349 g/mol. The number of benzene rings is 1. The van der Waals surface area contributed by atoms with E-state index in [2.05, 4.69) is 10.2 Å². The highest BCUT2D eigenvalue weighted by molar-refractivity contribution is 5.74. The Bertz CT molecular complexity index is 577. The number of hydrogen-bond acceptors (Lipinski definition) is 5. The Hall–Kier alpha value is -1.99. The van der Waals surface area contributed by atoms with Gasteiger partial charge in [0.25, 0.3) is 0 Å². The smallest absolute Gasteiger partial charge is 0.317 e. The van der Waals surface area contributed by atoms with Crippen LogP contribution in [0.1, 0.15) is 6.92 Å². The van der Waals surface area contributed by atoms with Crippen molar-refractivity contribution < 1.29 is 19.0 Å². The quantitative estimate of drug-likeness (QED) is 0.865. The number of hydrogen-bond donors (Lipinski definition) is 1. The minimum atomic E-state index is -0.166. The van der Waals surface area contributed by atoms with Gasteiger partial charge in [-0.15, -0.1) is 0 Å². The van der Waals surface area contributed by atoms with Gasteiger partial charge >= 0.3 is 6.03 Å². The Morgan fingerprint density at radius 1 is 1.32 bits per heavy atom. The van der Waals surface area contributed by atoms with Crippen molar-refractivity contribution in [3.63, 3.8) is 0 Å². The van der Waals surface area contributed by atoms with Crippen molar-refractivity contribution in [3.05, 3.63) is 24.3 Å². The Kier molecular flexibility index (Phi) is 5.99. The number of rotatable bonds is 5. The van der Waals surface area contributed by atoms with Gasteiger partial charge in [-0.05, 0) is 19.1 Å². The predicted octanol–water partition coefficient (Wildman–Crippen LogP) is 1.19. The second-order valence-electron chi connectivity index (χ2n) is 6.64. The number of ether oxygens (including phenoxy) is 3. The van der Waals surface area contributed by atoms with E-state index in [4.69, 9.17) is 14.2 Å². The van der Waals surface area contributed by atoms with Gasteiger partial charge < -0.3 is 24.4 Å². The van der Waals surface area contributed by atoms with Crippen LogP contribution in [-0.2, 0) is 4.74 Å². The van der Waals surface area contributed by atoms with Crippen LogP contribution in [0.3, 0.4) is 0 Å². The first-order valence-electron chi connectivity index (χ1n) is 8.82. The van der Waals surface area contributed by atoms with Gasteiger partial charge in [-0.2, -0.15) is 0 Å². The summed E-state index contributed by atoms with van der Waals surface area (Å²) >= 11 is 0. The Morgan fingerprint density at radius 3 is 2.80 bits per heavy atom. The lowest BCUT2D eigenvalue weighted by Gasteiger charge is -2.32. The Labute approximate surface area is 148 Å². The van der Waals surface area contributed by atoms with E-state index in [1.54, 1.807) is 11.9 Å². The standard InChI is InChI=1S/C18H27N3O4/c1-14(11-21-7-9-23-10-8-21)19-18(22)20(2)12-15-13-24-16-5-3-4-6-17(16)25-15/h3-6,14-15H,7-13H2,1-2H3,(H,19,22). The largest absolute Gasteiger partial charge is 0.486 e. The molecule has 1 N–H and O–H groups in total. The Balaban J connectivity index is 1.43. The maximum Gasteiger partial charge on any atom is 0.317 e. The second-order valence-corrected chi connectivity index (χ2v) is 6.64. The van der Waals surface area contributed by atoms with Crippen LogP contribution in [0.5, 0.6) is 11.5 Å².